The summed E-state index contributed by atoms with van der Waals surface area (Å²) in [5.74, 6) is 0.151. The minimum absolute atomic E-state index is 0.0627. The second kappa shape index (κ2) is 5.25. The number of carbonyl (C=O) groups excluding carboxylic acids is 1. The number of carbonyl (C=O) groups is 1. The van der Waals surface area contributed by atoms with E-state index in [1.54, 1.807) is 36.4 Å². The van der Waals surface area contributed by atoms with Crippen LogP contribution in [0.3, 0.4) is 0 Å². The van der Waals surface area contributed by atoms with E-state index in [-0.39, 0.29) is 10.9 Å². The van der Waals surface area contributed by atoms with Gasteiger partial charge in [0.2, 0.25) is 5.12 Å². The van der Waals surface area contributed by atoms with Gasteiger partial charge in [0.05, 0.1) is 0 Å². The van der Waals surface area contributed by atoms with Crippen LogP contribution in [0.15, 0.2) is 53.4 Å². The number of hydrogen-bond donors (Lipinski definition) is 1. The number of benzene rings is 2. The van der Waals surface area contributed by atoms with Gasteiger partial charge in [-0.3, -0.25) is 4.79 Å². The highest BCUT2D eigenvalue weighted by Gasteiger charge is 2.07. The molecule has 0 aliphatic rings. The Morgan fingerprint density at radius 3 is 2.18 bits per heavy atom. The smallest absolute Gasteiger partial charge is 0.224 e. The van der Waals surface area contributed by atoms with Gasteiger partial charge in [0.25, 0.3) is 0 Å². The maximum Gasteiger partial charge on any atom is 0.224 e. The number of hydrogen-bond acceptors (Lipinski definition) is 3. The van der Waals surface area contributed by atoms with Crippen LogP contribution >= 0.6 is 23.4 Å². The second-order valence-electron chi connectivity index (χ2n) is 3.39. The lowest BCUT2D eigenvalue weighted by molar-refractivity contribution is 0.108. The zero-order valence-electron chi connectivity index (χ0n) is 8.76. The molecule has 0 saturated heterocycles. The van der Waals surface area contributed by atoms with E-state index < -0.39 is 0 Å². The molecule has 2 aromatic rings. The molecule has 0 fully saturated rings. The summed E-state index contributed by atoms with van der Waals surface area (Å²) in [6.07, 6.45) is 0. The number of thioether (sulfide) groups is 1. The van der Waals surface area contributed by atoms with Gasteiger partial charge in [0.1, 0.15) is 5.75 Å². The topological polar surface area (TPSA) is 37.3 Å². The first-order valence-corrected chi connectivity index (χ1v) is 6.11. The Balaban J connectivity index is 2.11. The molecule has 0 unspecified atom stereocenters. The zero-order valence-corrected chi connectivity index (χ0v) is 10.3. The molecule has 2 nitrogen and oxygen atoms in total. The molecule has 0 amide bonds. The van der Waals surface area contributed by atoms with Crippen LogP contribution in [-0.2, 0) is 0 Å². The maximum atomic E-state index is 11.9. The lowest BCUT2D eigenvalue weighted by atomic mass is 10.2. The average molecular weight is 265 g/mol. The van der Waals surface area contributed by atoms with E-state index in [4.69, 9.17) is 16.7 Å². The number of phenols is 1. The van der Waals surface area contributed by atoms with E-state index in [1.165, 1.54) is 12.1 Å². The van der Waals surface area contributed by atoms with Crippen LogP contribution in [-0.4, -0.2) is 10.2 Å². The fourth-order valence-corrected chi connectivity index (χ4v) is 2.13. The highest BCUT2D eigenvalue weighted by molar-refractivity contribution is 8.14. The molecule has 0 heterocycles. The van der Waals surface area contributed by atoms with Gasteiger partial charge in [-0.2, -0.15) is 0 Å². The van der Waals surface area contributed by atoms with E-state index in [9.17, 15) is 4.79 Å². The van der Waals surface area contributed by atoms with Crippen LogP contribution in [0.25, 0.3) is 0 Å². The number of halogens is 1. The molecule has 0 spiro atoms. The molecular weight excluding hydrogens is 256 g/mol. The Morgan fingerprint density at radius 2 is 1.59 bits per heavy atom. The first kappa shape index (κ1) is 12.0. The molecule has 0 aliphatic carbocycles. The third-order valence-electron chi connectivity index (χ3n) is 2.13. The molecule has 0 aromatic heterocycles. The number of aromatic hydroxyl groups is 1. The number of rotatable bonds is 2. The molecule has 0 saturated carbocycles. The molecule has 2 rings (SSSR count). The fourth-order valence-electron chi connectivity index (χ4n) is 1.27. The standard InChI is InChI=1S/C13H9ClO2S/c14-10-3-7-12(8-4-10)17-13(16)9-1-5-11(15)6-2-9/h1-8,15H. The summed E-state index contributed by atoms with van der Waals surface area (Å²) >= 11 is 6.89. The first-order chi connectivity index (χ1) is 8.15. The molecule has 0 atom stereocenters. The summed E-state index contributed by atoms with van der Waals surface area (Å²) in [5.41, 5.74) is 0.558. The van der Waals surface area contributed by atoms with Crippen molar-refractivity contribution in [3.05, 3.63) is 59.1 Å². The summed E-state index contributed by atoms with van der Waals surface area (Å²) in [5, 5.41) is 9.71. The molecular formula is C13H9ClO2S. The molecule has 4 heteroatoms. The zero-order chi connectivity index (χ0) is 12.3. The van der Waals surface area contributed by atoms with E-state index in [1.807, 2.05) is 0 Å². The summed E-state index contributed by atoms with van der Waals surface area (Å²) in [6.45, 7) is 0. The molecule has 0 aliphatic heterocycles. The third kappa shape index (κ3) is 3.25. The highest BCUT2D eigenvalue weighted by atomic mass is 35.5. The van der Waals surface area contributed by atoms with Crippen LogP contribution in [0.5, 0.6) is 5.75 Å². The van der Waals surface area contributed by atoms with E-state index in [0.717, 1.165) is 16.7 Å². The lowest BCUT2D eigenvalue weighted by Gasteiger charge is -2.01. The van der Waals surface area contributed by atoms with Crippen molar-refractivity contribution in [2.24, 2.45) is 0 Å². The van der Waals surface area contributed by atoms with Crippen LogP contribution in [0.4, 0.5) is 0 Å². The van der Waals surface area contributed by atoms with Gasteiger partial charge in [-0.1, -0.05) is 11.6 Å². The largest absolute Gasteiger partial charge is 0.508 e. The molecule has 0 radical (unpaired) electrons. The summed E-state index contributed by atoms with van der Waals surface area (Å²) in [7, 11) is 0. The van der Waals surface area contributed by atoms with Gasteiger partial charge in [-0.05, 0) is 60.3 Å². The van der Waals surface area contributed by atoms with Crippen LogP contribution in [0, 0.1) is 0 Å². The summed E-state index contributed by atoms with van der Waals surface area (Å²) in [4.78, 5) is 12.7. The predicted octanol–water partition coefficient (Wildman–Crippen LogP) is 3.98. The maximum absolute atomic E-state index is 11.9. The van der Waals surface area contributed by atoms with Gasteiger partial charge in [0, 0.05) is 15.5 Å². The Morgan fingerprint density at radius 1 is 1.00 bits per heavy atom. The number of phenolic OH excluding ortho intramolecular Hbond substituents is 1. The van der Waals surface area contributed by atoms with E-state index in [0.29, 0.717) is 10.6 Å². The normalized spacial score (nSPS) is 10.2. The van der Waals surface area contributed by atoms with Crippen molar-refractivity contribution >= 4 is 28.5 Å². The Bertz CT molecular complexity index is 520. The van der Waals surface area contributed by atoms with Crippen molar-refractivity contribution in [3.8, 4) is 5.75 Å². The average Bonchev–Trinajstić information content (AvgIpc) is 2.33. The summed E-state index contributed by atoms with van der Waals surface area (Å²) < 4.78 is 0. The van der Waals surface area contributed by atoms with Gasteiger partial charge >= 0.3 is 0 Å². The quantitative estimate of drug-likeness (QED) is 0.834. The second-order valence-corrected chi connectivity index (χ2v) is 4.87. The molecule has 17 heavy (non-hydrogen) atoms. The van der Waals surface area contributed by atoms with Crippen LogP contribution < -0.4 is 0 Å². The SMILES string of the molecule is O=C(Sc1ccc(Cl)cc1)c1ccc(O)cc1. The van der Waals surface area contributed by atoms with Crippen LogP contribution in [0.1, 0.15) is 10.4 Å². The first-order valence-electron chi connectivity index (χ1n) is 4.92. The van der Waals surface area contributed by atoms with Crippen molar-refractivity contribution < 1.29 is 9.90 Å². The van der Waals surface area contributed by atoms with Crippen molar-refractivity contribution in [3.63, 3.8) is 0 Å². The molecule has 1 N–H and O–H groups in total. The van der Waals surface area contributed by atoms with Crippen molar-refractivity contribution in [1.29, 1.82) is 0 Å². The third-order valence-corrected chi connectivity index (χ3v) is 3.31. The lowest BCUT2D eigenvalue weighted by Crippen LogP contribution is -1.92. The summed E-state index contributed by atoms with van der Waals surface area (Å²) in [6, 6.07) is 13.3. The molecule has 86 valence electrons. The molecule has 2 aromatic carbocycles. The Hall–Kier alpha value is -1.45. The van der Waals surface area contributed by atoms with Crippen LogP contribution in [0.2, 0.25) is 5.02 Å². The van der Waals surface area contributed by atoms with Crippen molar-refractivity contribution in [2.75, 3.05) is 0 Å². The Kier molecular flexibility index (Phi) is 3.71. The monoisotopic (exact) mass is 264 g/mol. The van der Waals surface area contributed by atoms with Crippen molar-refractivity contribution in [2.45, 2.75) is 4.90 Å². The van der Waals surface area contributed by atoms with Crippen molar-refractivity contribution in [1.82, 2.24) is 0 Å². The predicted molar refractivity (Wildman–Crippen MR) is 69.7 cm³/mol. The van der Waals surface area contributed by atoms with Gasteiger partial charge in [0.15, 0.2) is 0 Å². The Labute approximate surface area is 108 Å². The van der Waals surface area contributed by atoms with Gasteiger partial charge < -0.3 is 5.11 Å². The van der Waals surface area contributed by atoms with E-state index in [2.05, 4.69) is 0 Å². The minimum Gasteiger partial charge on any atom is -0.508 e. The fraction of sp³-hybridized carbons (Fsp3) is 0. The molecule has 0 bridgehead atoms. The minimum atomic E-state index is -0.0627. The van der Waals surface area contributed by atoms with Gasteiger partial charge in [-0.25, -0.2) is 0 Å². The van der Waals surface area contributed by atoms with Gasteiger partial charge in [-0.15, -0.1) is 0 Å². The van der Waals surface area contributed by atoms with E-state index >= 15 is 0 Å². The highest BCUT2D eigenvalue weighted by Crippen LogP contribution is 2.24.